The normalized spacial score (nSPS) is 29.5. The molecular weight excluding hydrogens is 330 g/mol. The van der Waals surface area contributed by atoms with Crippen molar-refractivity contribution in [2.24, 2.45) is 17.8 Å². The van der Waals surface area contributed by atoms with Gasteiger partial charge < -0.3 is 0 Å². The largest absolute Gasteiger partial charge is 0.297 e. The Morgan fingerprint density at radius 2 is 1.74 bits per heavy atom. The fraction of sp³-hybridized carbons (Fsp3) is 0.708. The van der Waals surface area contributed by atoms with Crippen LogP contribution in [-0.4, -0.2) is 33.3 Å². The lowest BCUT2D eigenvalue weighted by atomic mass is 9.86. The van der Waals surface area contributed by atoms with Crippen LogP contribution in [0.3, 0.4) is 0 Å². The number of rotatable bonds is 7. The van der Waals surface area contributed by atoms with Gasteiger partial charge in [-0.15, -0.1) is 0 Å². The molecule has 3 heteroatoms. The Balaban J connectivity index is 1.19. The third-order valence-corrected chi connectivity index (χ3v) is 7.47. The van der Waals surface area contributed by atoms with Crippen molar-refractivity contribution in [3.8, 4) is 0 Å². The Morgan fingerprint density at radius 1 is 1.00 bits per heavy atom. The first-order valence-corrected chi connectivity index (χ1v) is 11.3. The molecule has 0 amide bonds. The fourth-order valence-electron chi connectivity index (χ4n) is 5.84. The number of hydrogen-bond acceptors (Lipinski definition) is 2. The molecule has 3 atom stereocenters. The van der Waals surface area contributed by atoms with Gasteiger partial charge in [-0.1, -0.05) is 44.7 Å². The summed E-state index contributed by atoms with van der Waals surface area (Å²) in [5.41, 5.74) is 2.62. The minimum atomic E-state index is 0.653. The maximum Gasteiger partial charge on any atom is 0.0685 e. The molecule has 27 heavy (non-hydrogen) atoms. The molecule has 3 unspecified atom stereocenters. The van der Waals surface area contributed by atoms with E-state index in [1.54, 1.807) is 0 Å². The van der Waals surface area contributed by atoms with Crippen molar-refractivity contribution < 1.29 is 0 Å². The number of piperidine rings is 1. The zero-order valence-electron chi connectivity index (χ0n) is 17.1. The first-order valence-electron chi connectivity index (χ1n) is 11.3. The van der Waals surface area contributed by atoms with E-state index in [1.807, 2.05) is 6.20 Å². The van der Waals surface area contributed by atoms with Crippen molar-refractivity contribution >= 4 is 10.9 Å². The van der Waals surface area contributed by atoms with Gasteiger partial charge in [0, 0.05) is 30.6 Å². The summed E-state index contributed by atoms with van der Waals surface area (Å²) in [6, 6.07) is 8.40. The average Bonchev–Trinajstić information content (AvgIpc) is 3.37. The molecule has 0 N–H and O–H groups in total. The van der Waals surface area contributed by atoms with Gasteiger partial charge in [-0.2, -0.15) is 5.10 Å². The molecule has 2 saturated heterocycles. The Bertz CT molecular complexity index is 776. The Hall–Kier alpha value is -1.35. The van der Waals surface area contributed by atoms with Gasteiger partial charge >= 0.3 is 0 Å². The van der Waals surface area contributed by atoms with Crippen LogP contribution >= 0.6 is 0 Å². The van der Waals surface area contributed by atoms with Crippen LogP contribution in [0.2, 0.25) is 0 Å². The number of nitrogens with zero attached hydrogens (tertiary/aromatic N) is 3. The maximum atomic E-state index is 4.68. The second kappa shape index (κ2) is 7.24. The summed E-state index contributed by atoms with van der Waals surface area (Å²) in [5.74, 6) is 2.78. The molecule has 146 valence electrons. The second-order valence-corrected chi connectivity index (χ2v) is 9.93. The van der Waals surface area contributed by atoms with Crippen LogP contribution in [0.15, 0.2) is 24.4 Å². The van der Waals surface area contributed by atoms with E-state index in [0.717, 1.165) is 30.5 Å². The summed E-state index contributed by atoms with van der Waals surface area (Å²) >= 11 is 0. The smallest absolute Gasteiger partial charge is 0.0685 e. The van der Waals surface area contributed by atoms with Crippen molar-refractivity contribution in [1.82, 2.24) is 14.7 Å². The fourth-order valence-corrected chi connectivity index (χ4v) is 5.84. The predicted octanol–water partition coefficient (Wildman–Crippen LogP) is 5.41. The third-order valence-electron chi connectivity index (χ3n) is 7.47. The molecule has 0 spiro atoms. The molecule has 2 aliphatic heterocycles. The number of aromatic nitrogens is 2. The SMILES string of the molecule is Cc1ccc2cnn(CC(C)CN3C4CCC3CC(CCC3CC3)C4)c2c1. The number of hydrogen-bond donors (Lipinski definition) is 0. The van der Waals surface area contributed by atoms with Crippen molar-refractivity contribution in [3.05, 3.63) is 30.0 Å². The highest BCUT2D eigenvalue weighted by molar-refractivity contribution is 5.79. The Morgan fingerprint density at radius 3 is 2.48 bits per heavy atom. The molecule has 0 radical (unpaired) electrons. The van der Waals surface area contributed by atoms with Gasteiger partial charge in [0.25, 0.3) is 0 Å². The third kappa shape index (κ3) is 3.81. The highest BCUT2D eigenvalue weighted by Gasteiger charge is 2.41. The van der Waals surface area contributed by atoms with Gasteiger partial charge in [-0.3, -0.25) is 9.58 Å². The molecule has 3 fully saturated rings. The Labute approximate surface area is 164 Å². The second-order valence-electron chi connectivity index (χ2n) is 9.93. The first-order chi connectivity index (χ1) is 13.2. The van der Waals surface area contributed by atoms with Crippen molar-refractivity contribution in [2.75, 3.05) is 6.54 Å². The van der Waals surface area contributed by atoms with Gasteiger partial charge in [-0.25, -0.2) is 0 Å². The van der Waals surface area contributed by atoms with E-state index in [0.29, 0.717) is 5.92 Å². The molecule has 1 saturated carbocycles. The van der Waals surface area contributed by atoms with Gasteiger partial charge in [0.2, 0.25) is 0 Å². The van der Waals surface area contributed by atoms with Crippen LogP contribution in [0, 0.1) is 24.7 Å². The molecule has 3 nitrogen and oxygen atoms in total. The summed E-state index contributed by atoms with van der Waals surface area (Å²) in [5, 5.41) is 5.95. The molecule has 3 heterocycles. The average molecular weight is 366 g/mol. The van der Waals surface area contributed by atoms with E-state index >= 15 is 0 Å². The van der Waals surface area contributed by atoms with E-state index in [1.165, 1.54) is 74.4 Å². The van der Waals surface area contributed by atoms with Gasteiger partial charge in [0.15, 0.2) is 0 Å². The lowest BCUT2D eigenvalue weighted by molar-refractivity contribution is 0.0811. The highest BCUT2D eigenvalue weighted by atomic mass is 15.3. The molecule has 5 rings (SSSR count). The molecule has 2 bridgehead atoms. The van der Waals surface area contributed by atoms with Gasteiger partial charge in [0.1, 0.15) is 0 Å². The van der Waals surface area contributed by atoms with Crippen LogP contribution in [0.1, 0.15) is 63.9 Å². The van der Waals surface area contributed by atoms with E-state index < -0.39 is 0 Å². The van der Waals surface area contributed by atoms with Crippen LogP contribution in [0.5, 0.6) is 0 Å². The molecule has 2 aromatic rings. The molecule has 1 aromatic carbocycles. The molecule has 3 aliphatic rings. The van der Waals surface area contributed by atoms with Gasteiger partial charge in [0.05, 0.1) is 11.7 Å². The van der Waals surface area contributed by atoms with Crippen LogP contribution in [0.4, 0.5) is 0 Å². The number of aryl methyl sites for hydroxylation is 1. The van der Waals surface area contributed by atoms with Gasteiger partial charge in [-0.05, 0) is 62.0 Å². The molecular formula is C24H35N3. The molecule has 1 aliphatic carbocycles. The standard InChI is InChI=1S/C24H35N3/c1-17-3-8-21-14-25-27(24(21)11-17)16-18(2)15-26-22-9-10-23(26)13-20(12-22)7-6-19-4-5-19/h3,8,11,14,18-20,22-23H,4-7,9-10,12-13,15-16H2,1-2H3. The lowest BCUT2D eigenvalue weighted by Gasteiger charge is -2.40. The summed E-state index contributed by atoms with van der Waals surface area (Å²) < 4.78 is 2.23. The van der Waals surface area contributed by atoms with Crippen molar-refractivity contribution in [1.29, 1.82) is 0 Å². The van der Waals surface area contributed by atoms with E-state index in [9.17, 15) is 0 Å². The summed E-state index contributed by atoms with van der Waals surface area (Å²) in [4.78, 5) is 2.88. The van der Waals surface area contributed by atoms with Crippen molar-refractivity contribution in [3.63, 3.8) is 0 Å². The van der Waals surface area contributed by atoms with E-state index in [-0.39, 0.29) is 0 Å². The maximum absolute atomic E-state index is 4.68. The quantitative estimate of drug-likeness (QED) is 0.654. The minimum Gasteiger partial charge on any atom is -0.297 e. The number of fused-ring (bicyclic) bond motifs is 3. The predicted molar refractivity (Wildman–Crippen MR) is 112 cm³/mol. The van der Waals surface area contributed by atoms with Crippen LogP contribution < -0.4 is 0 Å². The zero-order valence-corrected chi connectivity index (χ0v) is 17.1. The minimum absolute atomic E-state index is 0.653. The van der Waals surface area contributed by atoms with Crippen molar-refractivity contribution in [2.45, 2.75) is 83.8 Å². The zero-order chi connectivity index (χ0) is 18.4. The number of benzene rings is 1. The van der Waals surface area contributed by atoms with Crippen LogP contribution in [-0.2, 0) is 6.54 Å². The highest BCUT2D eigenvalue weighted by Crippen LogP contribution is 2.43. The lowest BCUT2D eigenvalue weighted by Crippen LogP contribution is -2.45. The molecule has 1 aromatic heterocycles. The van der Waals surface area contributed by atoms with Crippen LogP contribution in [0.25, 0.3) is 10.9 Å². The summed E-state index contributed by atoms with van der Waals surface area (Å²) in [6.07, 6.45) is 13.9. The Kier molecular flexibility index (Phi) is 4.75. The first kappa shape index (κ1) is 17.7. The summed E-state index contributed by atoms with van der Waals surface area (Å²) in [7, 11) is 0. The van der Waals surface area contributed by atoms with E-state index in [4.69, 9.17) is 0 Å². The summed E-state index contributed by atoms with van der Waals surface area (Å²) in [6.45, 7) is 6.87. The topological polar surface area (TPSA) is 21.1 Å². The van der Waals surface area contributed by atoms with E-state index in [2.05, 4.69) is 46.7 Å². The monoisotopic (exact) mass is 365 g/mol.